The monoisotopic (exact) mass is 505 g/mol. The van der Waals surface area contributed by atoms with E-state index in [2.05, 4.69) is 17.0 Å². The van der Waals surface area contributed by atoms with Gasteiger partial charge in [0.1, 0.15) is 23.9 Å². The van der Waals surface area contributed by atoms with E-state index >= 15 is 0 Å². The lowest BCUT2D eigenvalue weighted by atomic mass is 9.90. The molecule has 1 aliphatic heterocycles. The topological polar surface area (TPSA) is 32.7 Å². The van der Waals surface area contributed by atoms with Crippen LogP contribution in [0.25, 0.3) is 21.9 Å². The number of likely N-dealkylation sites (tertiary alicyclic amines) is 1. The van der Waals surface area contributed by atoms with Crippen molar-refractivity contribution in [1.82, 2.24) is 4.90 Å². The molecule has 0 aliphatic carbocycles. The molecule has 1 aliphatic rings. The summed E-state index contributed by atoms with van der Waals surface area (Å²) in [6.07, 6.45) is 5.92. The minimum absolute atomic E-state index is 0. The molecule has 1 N–H and O–H groups in total. The Bertz CT molecular complexity index is 1280. The molecular weight excluding hydrogens is 473 g/mol. The second kappa shape index (κ2) is 12.2. The van der Waals surface area contributed by atoms with E-state index in [4.69, 9.17) is 4.74 Å². The Kier molecular flexibility index (Phi) is 8.84. The second-order valence-corrected chi connectivity index (χ2v) is 9.40. The minimum Gasteiger partial charge on any atom is -0.508 e. The van der Waals surface area contributed by atoms with Crippen molar-refractivity contribution < 1.29 is 14.2 Å². The Labute approximate surface area is 218 Å². The Morgan fingerprint density at radius 3 is 2.31 bits per heavy atom. The number of halogens is 2. The third kappa shape index (κ3) is 6.18. The average Bonchev–Trinajstić information content (AvgIpc) is 3.15. The summed E-state index contributed by atoms with van der Waals surface area (Å²) in [5, 5.41) is 11.9. The molecule has 0 unspecified atom stereocenters. The largest absolute Gasteiger partial charge is 0.508 e. The Morgan fingerprint density at radius 2 is 1.56 bits per heavy atom. The lowest BCUT2D eigenvalue weighted by Crippen LogP contribution is -2.29. The molecule has 0 radical (unpaired) electrons. The van der Waals surface area contributed by atoms with Crippen molar-refractivity contribution in [3.8, 4) is 22.6 Å². The highest BCUT2D eigenvalue weighted by Gasteiger charge is 2.14. The highest BCUT2D eigenvalue weighted by molar-refractivity contribution is 5.93. The molecule has 0 aromatic heterocycles. The molecule has 0 atom stereocenters. The van der Waals surface area contributed by atoms with Gasteiger partial charge in [0.15, 0.2) is 0 Å². The molecular formula is C31H33ClFNO2. The fourth-order valence-electron chi connectivity index (χ4n) is 5.06. The zero-order chi connectivity index (χ0) is 24.0. The van der Waals surface area contributed by atoms with Crippen LogP contribution >= 0.6 is 12.4 Å². The van der Waals surface area contributed by atoms with Gasteiger partial charge in [-0.25, -0.2) is 4.39 Å². The van der Waals surface area contributed by atoms with Gasteiger partial charge in [0.2, 0.25) is 0 Å². The van der Waals surface area contributed by atoms with Crippen molar-refractivity contribution in [3.63, 3.8) is 0 Å². The molecule has 1 heterocycles. The van der Waals surface area contributed by atoms with Crippen molar-refractivity contribution in [2.45, 2.75) is 32.1 Å². The predicted octanol–water partition coefficient (Wildman–Crippen LogP) is 7.62. The number of hydrogen-bond donors (Lipinski definition) is 1. The number of rotatable bonds is 7. The lowest BCUT2D eigenvalue weighted by Gasteiger charge is -2.19. The smallest absolute Gasteiger partial charge is 0.131 e. The fraction of sp³-hybridized carbons (Fsp3) is 0.290. The van der Waals surface area contributed by atoms with Gasteiger partial charge in [0, 0.05) is 12.1 Å². The van der Waals surface area contributed by atoms with Crippen molar-refractivity contribution in [2.24, 2.45) is 0 Å². The normalized spacial score (nSPS) is 14.2. The van der Waals surface area contributed by atoms with Crippen LogP contribution in [-0.2, 0) is 6.42 Å². The molecule has 3 nitrogen and oxygen atoms in total. The third-order valence-corrected chi connectivity index (χ3v) is 6.96. The van der Waals surface area contributed by atoms with Crippen LogP contribution in [0.1, 0.15) is 36.8 Å². The summed E-state index contributed by atoms with van der Waals surface area (Å²) >= 11 is 0. The number of phenols is 1. The summed E-state index contributed by atoms with van der Waals surface area (Å²) < 4.78 is 20.8. The molecule has 4 aromatic rings. The maximum absolute atomic E-state index is 14.7. The Hall–Kier alpha value is -3.08. The van der Waals surface area contributed by atoms with Crippen LogP contribution in [0.5, 0.6) is 11.5 Å². The first-order valence-corrected chi connectivity index (χ1v) is 12.6. The van der Waals surface area contributed by atoms with Gasteiger partial charge >= 0.3 is 0 Å². The SMILES string of the molecule is Cl.Oc1ccc2c(Cc3ccc(OCCN4CCCCCC4)cc3)c(-c3ccccc3F)ccc2c1. The number of nitrogens with zero attached hydrogens (tertiary/aromatic N) is 1. The van der Waals surface area contributed by atoms with Gasteiger partial charge in [-0.1, -0.05) is 61.4 Å². The highest BCUT2D eigenvalue weighted by Crippen LogP contribution is 2.35. The molecule has 1 saturated heterocycles. The van der Waals surface area contributed by atoms with E-state index < -0.39 is 0 Å². The van der Waals surface area contributed by atoms with Crippen LogP contribution in [0, 0.1) is 5.82 Å². The van der Waals surface area contributed by atoms with Crippen LogP contribution in [0.15, 0.2) is 78.9 Å². The maximum atomic E-state index is 14.7. The molecule has 1 fully saturated rings. The summed E-state index contributed by atoms with van der Waals surface area (Å²) in [6, 6.07) is 24.4. The van der Waals surface area contributed by atoms with E-state index in [1.165, 1.54) is 44.8 Å². The van der Waals surface area contributed by atoms with Gasteiger partial charge in [-0.05, 0) is 90.1 Å². The minimum atomic E-state index is -0.236. The molecule has 36 heavy (non-hydrogen) atoms. The van der Waals surface area contributed by atoms with E-state index in [-0.39, 0.29) is 24.0 Å². The van der Waals surface area contributed by atoms with Crippen LogP contribution in [-0.4, -0.2) is 36.2 Å². The summed E-state index contributed by atoms with van der Waals surface area (Å²) in [6.45, 7) is 4.02. The first-order chi connectivity index (χ1) is 17.2. The van der Waals surface area contributed by atoms with E-state index in [1.807, 2.05) is 42.5 Å². The Morgan fingerprint density at radius 1 is 0.806 bits per heavy atom. The quantitative estimate of drug-likeness (QED) is 0.280. The molecule has 4 aromatic carbocycles. The zero-order valence-corrected chi connectivity index (χ0v) is 21.3. The third-order valence-electron chi connectivity index (χ3n) is 6.96. The van der Waals surface area contributed by atoms with Crippen LogP contribution in [0.2, 0.25) is 0 Å². The summed E-state index contributed by atoms with van der Waals surface area (Å²) in [4.78, 5) is 2.50. The number of aromatic hydroxyl groups is 1. The van der Waals surface area contributed by atoms with Gasteiger partial charge in [-0.2, -0.15) is 0 Å². The van der Waals surface area contributed by atoms with E-state index in [1.54, 1.807) is 18.2 Å². The van der Waals surface area contributed by atoms with Gasteiger partial charge in [-0.15, -0.1) is 12.4 Å². The highest BCUT2D eigenvalue weighted by atomic mass is 35.5. The van der Waals surface area contributed by atoms with E-state index in [0.717, 1.165) is 39.8 Å². The molecule has 0 saturated carbocycles. The van der Waals surface area contributed by atoms with Gasteiger partial charge in [-0.3, -0.25) is 4.90 Å². The number of fused-ring (bicyclic) bond motifs is 1. The lowest BCUT2D eigenvalue weighted by molar-refractivity contribution is 0.214. The second-order valence-electron chi connectivity index (χ2n) is 9.40. The summed E-state index contributed by atoms with van der Waals surface area (Å²) in [5.41, 5.74) is 3.63. The van der Waals surface area contributed by atoms with Gasteiger partial charge in [0.25, 0.3) is 0 Å². The first kappa shape index (κ1) is 26.0. The van der Waals surface area contributed by atoms with Crippen LogP contribution < -0.4 is 4.74 Å². The van der Waals surface area contributed by atoms with Crippen molar-refractivity contribution in [1.29, 1.82) is 0 Å². The number of benzene rings is 4. The molecule has 5 heteroatoms. The Balaban J connectivity index is 0.00000304. The number of hydrogen-bond acceptors (Lipinski definition) is 3. The number of ether oxygens (including phenoxy) is 1. The zero-order valence-electron chi connectivity index (χ0n) is 20.5. The van der Waals surface area contributed by atoms with Gasteiger partial charge in [0.05, 0.1) is 0 Å². The molecule has 188 valence electrons. The molecule has 0 spiro atoms. The van der Waals surface area contributed by atoms with Gasteiger partial charge < -0.3 is 9.84 Å². The fourth-order valence-corrected chi connectivity index (χ4v) is 5.06. The van der Waals surface area contributed by atoms with Crippen molar-refractivity contribution in [2.75, 3.05) is 26.2 Å². The summed E-state index contributed by atoms with van der Waals surface area (Å²) in [5.74, 6) is 0.865. The standard InChI is InChI=1S/C31H32FNO2.ClH/c32-31-8-4-3-7-29(31)28-15-11-24-22-25(34)12-16-27(24)30(28)21-23-9-13-26(14-10-23)35-20-19-33-17-5-1-2-6-18-33;/h3-4,7-16,22,34H,1-2,5-6,17-21H2;1H. The predicted molar refractivity (Wildman–Crippen MR) is 148 cm³/mol. The number of phenolic OH excluding ortho intramolecular Hbond substituents is 1. The van der Waals surface area contributed by atoms with Crippen LogP contribution in [0.3, 0.4) is 0 Å². The summed E-state index contributed by atoms with van der Waals surface area (Å²) in [7, 11) is 0. The van der Waals surface area contributed by atoms with E-state index in [0.29, 0.717) is 18.6 Å². The average molecular weight is 506 g/mol. The molecule has 5 rings (SSSR count). The van der Waals surface area contributed by atoms with Crippen LogP contribution in [0.4, 0.5) is 4.39 Å². The molecule has 0 bridgehead atoms. The molecule has 0 amide bonds. The first-order valence-electron chi connectivity index (χ1n) is 12.6. The van der Waals surface area contributed by atoms with Crippen molar-refractivity contribution >= 4 is 23.2 Å². The maximum Gasteiger partial charge on any atom is 0.131 e. The van der Waals surface area contributed by atoms with E-state index in [9.17, 15) is 9.50 Å². The van der Waals surface area contributed by atoms with Crippen molar-refractivity contribution in [3.05, 3.63) is 95.8 Å².